The predicted molar refractivity (Wildman–Crippen MR) is 78.4 cm³/mol. The molecule has 0 fully saturated rings. The van der Waals surface area contributed by atoms with E-state index in [0.717, 1.165) is 12.2 Å². The summed E-state index contributed by atoms with van der Waals surface area (Å²) in [6.07, 6.45) is 1.11. The standard InChI is InChI=1S/C14H19N3OS/c1-4-14(2,3)10-5-7-11(8-6-10)18-9-12-13(15)19-17-16-12/h5-8H,4,9,15H2,1-3H3. The van der Waals surface area contributed by atoms with Gasteiger partial charge in [-0.05, 0) is 29.5 Å². The summed E-state index contributed by atoms with van der Waals surface area (Å²) in [5, 5.41) is 4.53. The van der Waals surface area contributed by atoms with E-state index in [9.17, 15) is 0 Å². The highest BCUT2D eigenvalue weighted by atomic mass is 32.1. The number of rotatable bonds is 5. The molecule has 1 aromatic carbocycles. The number of ether oxygens (including phenoxy) is 1. The maximum atomic E-state index is 5.72. The molecule has 0 saturated heterocycles. The van der Waals surface area contributed by atoms with Crippen molar-refractivity contribution in [1.82, 2.24) is 9.59 Å². The topological polar surface area (TPSA) is 61.0 Å². The van der Waals surface area contributed by atoms with Gasteiger partial charge in [-0.3, -0.25) is 0 Å². The van der Waals surface area contributed by atoms with Crippen molar-refractivity contribution < 1.29 is 4.74 Å². The van der Waals surface area contributed by atoms with Crippen LogP contribution in [0.25, 0.3) is 0 Å². The first-order valence-electron chi connectivity index (χ1n) is 6.33. The van der Waals surface area contributed by atoms with Crippen LogP contribution in [-0.2, 0) is 12.0 Å². The second kappa shape index (κ2) is 5.57. The zero-order valence-corrected chi connectivity index (χ0v) is 12.3. The van der Waals surface area contributed by atoms with Crippen LogP contribution in [0, 0.1) is 0 Å². The molecule has 4 nitrogen and oxygen atoms in total. The van der Waals surface area contributed by atoms with E-state index in [1.54, 1.807) is 0 Å². The molecule has 102 valence electrons. The molecule has 19 heavy (non-hydrogen) atoms. The van der Waals surface area contributed by atoms with Gasteiger partial charge in [0, 0.05) is 11.5 Å². The summed E-state index contributed by atoms with van der Waals surface area (Å²) in [5.74, 6) is 0.822. The number of aromatic nitrogens is 2. The molecule has 0 atom stereocenters. The number of hydrogen-bond acceptors (Lipinski definition) is 5. The summed E-state index contributed by atoms with van der Waals surface area (Å²) >= 11 is 1.19. The van der Waals surface area contributed by atoms with Gasteiger partial charge in [0.1, 0.15) is 23.1 Å². The van der Waals surface area contributed by atoms with E-state index in [1.807, 2.05) is 12.1 Å². The summed E-state index contributed by atoms with van der Waals surface area (Å²) in [4.78, 5) is 0. The molecule has 0 aliphatic carbocycles. The molecule has 1 aromatic heterocycles. The van der Waals surface area contributed by atoms with E-state index in [1.165, 1.54) is 17.1 Å². The van der Waals surface area contributed by atoms with E-state index in [0.29, 0.717) is 17.3 Å². The number of hydrogen-bond donors (Lipinski definition) is 1. The van der Waals surface area contributed by atoms with Crippen LogP contribution in [0.2, 0.25) is 0 Å². The lowest BCUT2D eigenvalue weighted by molar-refractivity contribution is 0.301. The van der Waals surface area contributed by atoms with E-state index >= 15 is 0 Å². The molecule has 0 aliphatic rings. The summed E-state index contributed by atoms with van der Waals surface area (Å²) < 4.78 is 9.43. The highest BCUT2D eigenvalue weighted by Gasteiger charge is 2.17. The maximum Gasteiger partial charge on any atom is 0.136 e. The average molecular weight is 277 g/mol. The predicted octanol–water partition coefficient (Wildman–Crippen LogP) is 3.39. The van der Waals surface area contributed by atoms with Gasteiger partial charge in [-0.25, -0.2) is 0 Å². The Morgan fingerprint density at radius 1 is 1.26 bits per heavy atom. The fourth-order valence-corrected chi connectivity index (χ4v) is 2.11. The third-order valence-corrected chi connectivity index (χ3v) is 4.08. The molecule has 0 aliphatic heterocycles. The highest BCUT2D eigenvalue weighted by Crippen LogP contribution is 2.28. The molecule has 0 bridgehead atoms. The molecule has 0 unspecified atom stereocenters. The molecule has 2 rings (SSSR count). The minimum atomic E-state index is 0.196. The minimum absolute atomic E-state index is 0.196. The van der Waals surface area contributed by atoms with Gasteiger partial charge in [-0.2, -0.15) is 0 Å². The molecule has 0 saturated carbocycles. The normalized spacial score (nSPS) is 11.5. The third kappa shape index (κ3) is 3.23. The Morgan fingerprint density at radius 2 is 1.95 bits per heavy atom. The Hall–Kier alpha value is -1.62. The molecule has 2 aromatic rings. The molecule has 2 N–H and O–H groups in total. The number of nitrogens with two attached hydrogens (primary N) is 1. The van der Waals surface area contributed by atoms with Crippen LogP contribution < -0.4 is 10.5 Å². The second-order valence-electron chi connectivity index (χ2n) is 5.13. The second-order valence-corrected chi connectivity index (χ2v) is 5.92. The zero-order valence-electron chi connectivity index (χ0n) is 11.5. The quantitative estimate of drug-likeness (QED) is 0.910. The fourth-order valence-electron chi connectivity index (χ4n) is 1.67. The number of anilines is 1. The smallest absolute Gasteiger partial charge is 0.136 e. The first kappa shape index (κ1) is 13.8. The third-order valence-electron chi connectivity index (χ3n) is 3.48. The molecular formula is C14H19N3OS. The van der Waals surface area contributed by atoms with Crippen LogP contribution in [-0.4, -0.2) is 9.59 Å². The van der Waals surface area contributed by atoms with Crippen molar-refractivity contribution in [2.24, 2.45) is 0 Å². The van der Waals surface area contributed by atoms with Crippen molar-refractivity contribution in [1.29, 1.82) is 0 Å². The van der Waals surface area contributed by atoms with Gasteiger partial charge in [-0.15, -0.1) is 5.10 Å². The molecule has 0 amide bonds. The van der Waals surface area contributed by atoms with Crippen LogP contribution in [0.4, 0.5) is 5.00 Å². The van der Waals surface area contributed by atoms with Crippen LogP contribution in [0.5, 0.6) is 5.75 Å². The van der Waals surface area contributed by atoms with Crippen molar-refractivity contribution in [3.05, 3.63) is 35.5 Å². The van der Waals surface area contributed by atoms with Crippen molar-refractivity contribution in [3.8, 4) is 5.75 Å². The van der Waals surface area contributed by atoms with E-state index in [-0.39, 0.29) is 5.41 Å². The lowest BCUT2D eigenvalue weighted by atomic mass is 9.82. The minimum Gasteiger partial charge on any atom is -0.487 e. The van der Waals surface area contributed by atoms with E-state index < -0.39 is 0 Å². The van der Waals surface area contributed by atoms with Crippen LogP contribution in [0.15, 0.2) is 24.3 Å². The first-order chi connectivity index (χ1) is 9.03. The Morgan fingerprint density at radius 3 is 2.47 bits per heavy atom. The highest BCUT2D eigenvalue weighted by molar-refractivity contribution is 7.09. The van der Waals surface area contributed by atoms with Gasteiger partial charge < -0.3 is 10.5 Å². The van der Waals surface area contributed by atoms with E-state index in [2.05, 4.69) is 42.5 Å². The van der Waals surface area contributed by atoms with Crippen LogP contribution >= 0.6 is 11.5 Å². The molecule has 5 heteroatoms. The van der Waals surface area contributed by atoms with Gasteiger partial charge in [-0.1, -0.05) is 37.4 Å². The number of nitrogen functional groups attached to an aromatic ring is 1. The van der Waals surface area contributed by atoms with Gasteiger partial charge in [0.15, 0.2) is 0 Å². The van der Waals surface area contributed by atoms with Gasteiger partial charge in [0.25, 0.3) is 0 Å². The summed E-state index contributed by atoms with van der Waals surface area (Å²) in [6.45, 7) is 7.04. The summed E-state index contributed by atoms with van der Waals surface area (Å²) in [5.41, 5.74) is 7.93. The van der Waals surface area contributed by atoms with Crippen LogP contribution in [0.3, 0.4) is 0 Å². The Bertz CT molecular complexity index is 534. The Balaban J connectivity index is 2.01. The zero-order chi connectivity index (χ0) is 13.9. The van der Waals surface area contributed by atoms with Crippen molar-refractivity contribution >= 4 is 16.5 Å². The van der Waals surface area contributed by atoms with Gasteiger partial charge in [0.05, 0.1) is 0 Å². The van der Waals surface area contributed by atoms with Crippen molar-refractivity contribution in [2.75, 3.05) is 5.73 Å². The Kier molecular flexibility index (Phi) is 4.04. The summed E-state index contributed by atoms with van der Waals surface area (Å²) in [6, 6.07) is 8.20. The van der Waals surface area contributed by atoms with Crippen LogP contribution in [0.1, 0.15) is 38.4 Å². The molecular weight excluding hydrogens is 258 g/mol. The fraction of sp³-hybridized carbons (Fsp3) is 0.429. The van der Waals surface area contributed by atoms with E-state index in [4.69, 9.17) is 10.5 Å². The largest absolute Gasteiger partial charge is 0.487 e. The lowest BCUT2D eigenvalue weighted by Crippen LogP contribution is -2.15. The van der Waals surface area contributed by atoms with Gasteiger partial charge >= 0.3 is 0 Å². The lowest BCUT2D eigenvalue weighted by Gasteiger charge is -2.23. The monoisotopic (exact) mass is 277 g/mol. The molecule has 0 radical (unpaired) electrons. The molecule has 0 spiro atoms. The number of benzene rings is 1. The number of nitrogens with zero attached hydrogens (tertiary/aromatic N) is 2. The maximum absolute atomic E-state index is 5.72. The Labute approximate surface area is 117 Å². The van der Waals surface area contributed by atoms with Crippen molar-refractivity contribution in [3.63, 3.8) is 0 Å². The van der Waals surface area contributed by atoms with Crippen molar-refractivity contribution in [2.45, 2.75) is 39.2 Å². The average Bonchev–Trinajstić information content (AvgIpc) is 2.82. The summed E-state index contributed by atoms with van der Waals surface area (Å²) in [7, 11) is 0. The SMILES string of the molecule is CCC(C)(C)c1ccc(OCc2nnsc2N)cc1. The van der Waals surface area contributed by atoms with Gasteiger partial charge in [0.2, 0.25) is 0 Å². The molecule has 1 heterocycles. The first-order valence-corrected chi connectivity index (χ1v) is 7.10.